The van der Waals surface area contributed by atoms with Gasteiger partial charge in [0.25, 0.3) is 5.91 Å². The van der Waals surface area contributed by atoms with Crippen molar-refractivity contribution in [1.82, 2.24) is 9.88 Å². The minimum absolute atomic E-state index is 0.256. The van der Waals surface area contributed by atoms with Crippen LogP contribution in [0.2, 0.25) is 0 Å². The Morgan fingerprint density at radius 3 is 2.70 bits per heavy atom. The summed E-state index contributed by atoms with van der Waals surface area (Å²) >= 11 is 0. The molecule has 6 nitrogen and oxygen atoms in total. The SMILES string of the molecule is C[C@H](OC(=O)c1c2c(nc3ccccc13)/C(=C\c1ccco1)CCC2)C(=O)N(C)C. The van der Waals surface area contributed by atoms with E-state index in [9.17, 15) is 9.59 Å². The molecule has 0 aliphatic heterocycles. The number of pyridine rings is 1. The fourth-order valence-corrected chi connectivity index (χ4v) is 3.89. The van der Waals surface area contributed by atoms with E-state index in [1.807, 2.05) is 42.5 Å². The smallest absolute Gasteiger partial charge is 0.339 e. The molecule has 0 fully saturated rings. The zero-order valence-electron chi connectivity index (χ0n) is 17.3. The summed E-state index contributed by atoms with van der Waals surface area (Å²) in [4.78, 5) is 31.7. The maximum atomic E-state index is 13.2. The van der Waals surface area contributed by atoms with E-state index in [4.69, 9.17) is 14.1 Å². The van der Waals surface area contributed by atoms with E-state index in [2.05, 4.69) is 0 Å². The number of hydrogen-bond acceptors (Lipinski definition) is 5. The highest BCUT2D eigenvalue weighted by Crippen LogP contribution is 2.36. The number of nitrogens with zero attached hydrogens (tertiary/aromatic N) is 2. The fraction of sp³-hybridized carbons (Fsp3) is 0.292. The lowest BCUT2D eigenvalue weighted by atomic mass is 9.86. The van der Waals surface area contributed by atoms with E-state index in [0.717, 1.165) is 52.8 Å². The summed E-state index contributed by atoms with van der Waals surface area (Å²) < 4.78 is 11.1. The van der Waals surface area contributed by atoms with Gasteiger partial charge in [0, 0.05) is 19.5 Å². The summed E-state index contributed by atoms with van der Waals surface area (Å²) in [5, 5.41) is 0.741. The molecule has 2 aromatic heterocycles. The number of amides is 1. The van der Waals surface area contributed by atoms with E-state index in [1.165, 1.54) is 4.90 Å². The van der Waals surface area contributed by atoms with Crippen LogP contribution in [0.5, 0.6) is 0 Å². The van der Waals surface area contributed by atoms with Gasteiger partial charge in [-0.3, -0.25) is 4.79 Å². The van der Waals surface area contributed by atoms with E-state index < -0.39 is 12.1 Å². The van der Waals surface area contributed by atoms with Crippen LogP contribution in [-0.4, -0.2) is 42.0 Å². The molecule has 1 atom stereocenters. The third-order valence-electron chi connectivity index (χ3n) is 5.31. The molecule has 3 aromatic rings. The molecule has 30 heavy (non-hydrogen) atoms. The van der Waals surface area contributed by atoms with Crippen LogP contribution in [0.25, 0.3) is 22.6 Å². The van der Waals surface area contributed by atoms with Crippen LogP contribution in [0, 0.1) is 0 Å². The van der Waals surface area contributed by atoms with Gasteiger partial charge in [-0.1, -0.05) is 18.2 Å². The van der Waals surface area contributed by atoms with Gasteiger partial charge >= 0.3 is 5.97 Å². The Hall–Kier alpha value is -3.41. The Balaban J connectivity index is 1.83. The number of furan rings is 1. The summed E-state index contributed by atoms with van der Waals surface area (Å²) in [6.07, 6.45) is 5.22. The molecule has 0 saturated heterocycles. The van der Waals surface area contributed by atoms with Gasteiger partial charge in [0.1, 0.15) is 5.76 Å². The van der Waals surface area contributed by atoms with Gasteiger partial charge in [0.15, 0.2) is 6.10 Å². The summed E-state index contributed by atoms with van der Waals surface area (Å²) in [6, 6.07) is 11.3. The standard InChI is InChI=1S/C24H24N2O4/c1-15(23(27)26(2)3)30-24(28)21-18-10-4-5-12-20(18)25-22-16(8-6-11-19(21)22)14-17-9-7-13-29-17/h4-5,7,9-10,12-15H,6,8,11H2,1-3H3/b16-14-/t15-/m0/s1. The van der Waals surface area contributed by atoms with Gasteiger partial charge in [-0.2, -0.15) is 0 Å². The second kappa shape index (κ2) is 8.14. The number of carbonyl (C=O) groups excluding carboxylic acids is 2. The summed E-state index contributed by atoms with van der Waals surface area (Å²) in [5.74, 6) is 0.00270. The topological polar surface area (TPSA) is 72.6 Å². The number of benzene rings is 1. The van der Waals surface area contributed by atoms with Crippen molar-refractivity contribution in [1.29, 1.82) is 0 Å². The molecule has 0 spiro atoms. The van der Waals surface area contributed by atoms with E-state index in [1.54, 1.807) is 27.3 Å². The molecule has 0 unspecified atom stereocenters. The third-order valence-corrected chi connectivity index (χ3v) is 5.31. The zero-order valence-corrected chi connectivity index (χ0v) is 17.3. The second-order valence-corrected chi connectivity index (χ2v) is 7.65. The highest BCUT2D eigenvalue weighted by molar-refractivity contribution is 6.07. The molecule has 4 rings (SSSR count). The van der Waals surface area contributed by atoms with Gasteiger partial charge in [-0.15, -0.1) is 0 Å². The number of fused-ring (bicyclic) bond motifs is 2. The zero-order chi connectivity index (χ0) is 21.3. The molecule has 0 saturated carbocycles. The maximum Gasteiger partial charge on any atom is 0.339 e. The van der Waals surface area contributed by atoms with Gasteiger partial charge in [-0.25, -0.2) is 9.78 Å². The fourth-order valence-electron chi connectivity index (χ4n) is 3.89. The van der Waals surface area contributed by atoms with E-state index in [0.29, 0.717) is 5.56 Å². The van der Waals surface area contributed by atoms with Crippen molar-refractivity contribution < 1.29 is 18.7 Å². The maximum absolute atomic E-state index is 13.2. The number of esters is 1. The number of rotatable bonds is 4. The Morgan fingerprint density at radius 2 is 1.97 bits per heavy atom. The quantitative estimate of drug-likeness (QED) is 0.605. The average molecular weight is 404 g/mol. The van der Waals surface area contributed by atoms with E-state index >= 15 is 0 Å². The highest BCUT2D eigenvalue weighted by atomic mass is 16.5. The number of hydrogen-bond donors (Lipinski definition) is 0. The molecule has 1 aliphatic rings. The molecule has 6 heteroatoms. The van der Waals surface area contributed by atoms with Crippen molar-refractivity contribution in [3.8, 4) is 0 Å². The van der Waals surface area contributed by atoms with Gasteiger partial charge in [0.2, 0.25) is 0 Å². The highest BCUT2D eigenvalue weighted by Gasteiger charge is 2.28. The molecular formula is C24H24N2O4. The van der Waals surface area contributed by atoms with Crippen molar-refractivity contribution in [3.05, 3.63) is 65.2 Å². The number of ether oxygens (including phenoxy) is 1. The molecule has 0 bridgehead atoms. The minimum Gasteiger partial charge on any atom is -0.465 e. The molecule has 1 aliphatic carbocycles. The van der Waals surface area contributed by atoms with Crippen LogP contribution in [-0.2, 0) is 16.0 Å². The molecular weight excluding hydrogens is 380 g/mol. The molecule has 2 heterocycles. The first-order valence-electron chi connectivity index (χ1n) is 10.0. The van der Waals surface area contributed by atoms with Crippen molar-refractivity contribution in [2.75, 3.05) is 14.1 Å². The molecule has 154 valence electrons. The van der Waals surface area contributed by atoms with Crippen molar-refractivity contribution >= 4 is 34.4 Å². The summed E-state index contributed by atoms with van der Waals surface area (Å²) in [5.41, 5.74) is 3.92. The first-order chi connectivity index (χ1) is 14.5. The van der Waals surface area contributed by atoms with Crippen LogP contribution in [0.15, 0.2) is 47.1 Å². The average Bonchev–Trinajstić information content (AvgIpc) is 3.24. The predicted octanol–water partition coefficient (Wildman–Crippen LogP) is 4.34. The Labute approximate surface area is 175 Å². The van der Waals surface area contributed by atoms with E-state index in [-0.39, 0.29) is 5.91 Å². The lowest BCUT2D eigenvalue weighted by Crippen LogP contribution is -2.35. The summed E-state index contributed by atoms with van der Waals surface area (Å²) in [7, 11) is 3.28. The minimum atomic E-state index is -0.864. The first kappa shape index (κ1) is 19.9. The second-order valence-electron chi connectivity index (χ2n) is 7.65. The van der Waals surface area contributed by atoms with Crippen molar-refractivity contribution in [2.45, 2.75) is 32.3 Å². The Bertz CT molecular complexity index is 1130. The predicted molar refractivity (Wildman–Crippen MR) is 115 cm³/mol. The van der Waals surface area contributed by atoms with Crippen LogP contribution in [0.1, 0.15) is 47.1 Å². The van der Waals surface area contributed by atoms with Gasteiger partial charge in [0.05, 0.1) is 23.0 Å². The molecule has 0 radical (unpaired) electrons. The molecule has 1 amide bonds. The first-order valence-corrected chi connectivity index (χ1v) is 10.0. The number of carbonyl (C=O) groups is 2. The largest absolute Gasteiger partial charge is 0.465 e. The normalized spacial score (nSPS) is 15.6. The lowest BCUT2D eigenvalue weighted by molar-refractivity contribution is -0.137. The number of likely N-dealkylation sites (N-methyl/N-ethyl adjacent to an activating group) is 1. The number of allylic oxidation sites excluding steroid dienone is 1. The van der Waals surface area contributed by atoms with Crippen LogP contribution >= 0.6 is 0 Å². The lowest BCUT2D eigenvalue weighted by Gasteiger charge is -2.23. The van der Waals surface area contributed by atoms with Crippen LogP contribution in [0.4, 0.5) is 0 Å². The molecule has 1 aromatic carbocycles. The third kappa shape index (κ3) is 3.73. The number of aromatic nitrogens is 1. The number of para-hydroxylation sites is 1. The Kier molecular flexibility index (Phi) is 5.40. The van der Waals surface area contributed by atoms with Crippen LogP contribution in [0.3, 0.4) is 0 Å². The van der Waals surface area contributed by atoms with Gasteiger partial charge < -0.3 is 14.1 Å². The monoisotopic (exact) mass is 404 g/mol. The molecule has 0 N–H and O–H groups in total. The summed E-state index contributed by atoms with van der Waals surface area (Å²) in [6.45, 7) is 1.60. The van der Waals surface area contributed by atoms with Crippen molar-refractivity contribution in [2.24, 2.45) is 0 Å². The van der Waals surface area contributed by atoms with Crippen molar-refractivity contribution in [3.63, 3.8) is 0 Å². The van der Waals surface area contributed by atoms with Crippen LogP contribution < -0.4 is 0 Å². The van der Waals surface area contributed by atoms with Gasteiger partial charge in [-0.05, 0) is 61.6 Å². The Morgan fingerprint density at radius 1 is 1.17 bits per heavy atom.